The van der Waals surface area contributed by atoms with Crippen LogP contribution in [-0.4, -0.2) is 11.2 Å². The zero-order valence-electron chi connectivity index (χ0n) is 6.35. The summed E-state index contributed by atoms with van der Waals surface area (Å²) < 4.78 is 0. The summed E-state index contributed by atoms with van der Waals surface area (Å²) in [6.07, 6.45) is 4.81. The summed E-state index contributed by atoms with van der Waals surface area (Å²) in [6, 6.07) is 0.261. The molecule has 0 aliphatic rings. The molecule has 0 heterocycles. The third kappa shape index (κ3) is 5.80. The zero-order chi connectivity index (χ0) is 7.11. The SMILES string of the molecule is CCCCC[C@@H](C)NO. The van der Waals surface area contributed by atoms with E-state index in [9.17, 15) is 0 Å². The molecule has 0 spiro atoms. The van der Waals surface area contributed by atoms with Crippen molar-refractivity contribution >= 4 is 0 Å². The quantitative estimate of drug-likeness (QED) is 0.441. The van der Waals surface area contributed by atoms with Crippen LogP contribution in [-0.2, 0) is 0 Å². The minimum Gasteiger partial charge on any atom is -0.317 e. The summed E-state index contributed by atoms with van der Waals surface area (Å²) in [7, 11) is 0. The van der Waals surface area contributed by atoms with Gasteiger partial charge in [0.2, 0.25) is 0 Å². The smallest absolute Gasteiger partial charge is 0.0291 e. The molecular formula is C7H17NO. The molecule has 0 aliphatic heterocycles. The van der Waals surface area contributed by atoms with Crippen LogP contribution in [0.5, 0.6) is 0 Å². The Balaban J connectivity index is 2.88. The molecule has 9 heavy (non-hydrogen) atoms. The maximum absolute atomic E-state index is 8.38. The first kappa shape index (κ1) is 8.92. The molecule has 0 aromatic carbocycles. The summed E-state index contributed by atoms with van der Waals surface area (Å²) in [5.41, 5.74) is 2.22. The largest absolute Gasteiger partial charge is 0.317 e. The van der Waals surface area contributed by atoms with Gasteiger partial charge in [-0.05, 0) is 13.3 Å². The van der Waals surface area contributed by atoms with Crippen molar-refractivity contribution in [3.63, 3.8) is 0 Å². The Morgan fingerprint density at radius 2 is 2.11 bits per heavy atom. The van der Waals surface area contributed by atoms with Crippen molar-refractivity contribution in [3.05, 3.63) is 0 Å². The van der Waals surface area contributed by atoms with Crippen molar-refractivity contribution in [2.45, 2.75) is 45.6 Å². The molecule has 2 N–H and O–H groups in total. The fraction of sp³-hybridized carbons (Fsp3) is 1.00. The lowest BCUT2D eigenvalue weighted by atomic mass is 10.1. The molecule has 0 aliphatic carbocycles. The second-order valence-corrected chi connectivity index (χ2v) is 2.53. The van der Waals surface area contributed by atoms with Crippen molar-refractivity contribution in [1.29, 1.82) is 0 Å². The number of hydrogen-bond acceptors (Lipinski definition) is 2. The predicted molar refractivity (Wildman–Crippen MR) is 38.5 cm³/mol. The van der Waals surface area contributed by atoms with Gasteiger partial charge in [0.25, 0.3) is 0 Å². The molecule has 0 unspecified atom stereocenters. The summed E-state index contributed by atoms with van der Waals surface area (Å²) in [6.45, 7) is 4.16. The third-order valence-corrected chi connectivity index (χ3v) is 1.46. The van der Waals surface area contributed by atoms with Gasteiger partial charge in [-0.3, -0.25) is 0 Å². The van der Waals surface area contributed by atoms with Crippen LogP contribution in [0.15, 0.2) is 0 Å². The van der Waals surface area contributed by atoms with Crippen molar-refractivity contribution in [2.24, 2.45) is 0 Å². The fourth-order valence-electron chi connectivity index (χ4n) is 0.765. The molecule has 0 radical (unpaired) electrons. The minimum absolute atomic E-state index is 0.261. The van der Waals surface area contributed by atoms with E-state index < -0.39 is 0 Å². The molecule has 0 saturated carbocycles. The highest BCUT2D eigenvalue weighted by atomic mass is 16.5. The van der Waals surface area contributed by atoms with Gasteiger partial charge < -0.3 is 5.21 Å². The van der Waals surface area contributed by atoms with Gasteiger partial charge >= 0.3 is 0 Å². The van der Waals surface area contributed by atoms with E-state index in [-0.39, 0.29) is 6.04 Å². The van der Waals surface area contributed by atoms with E-state index in [1.165, 1.54) is 19.3 Å². The van der Waals surface area contributed by atoms with E-state index in [0.717, 1.165) is 6.42 Å². The summed E-state index contributed by atoms with van der Waals surface area (Å²) in [5, 5.41) is 8.38. The van der Waals surface area contributed by atoms with E-state index in [2.05, 4.69) is 12.4 Å². The number of hydroxylamine groups is 1. The number of nitrogens with one attached hydrogen (secondary N) is 1. The molecule has 0 rings (SSSR count). The monoisotopic (exact) mass is 131 g/mol. The number of unbranched alkanes of at least 4 members (excludes halogenated alkanes) is 2. The predicted octanol–water partition coefficient (Wildman–Crippen LogP) is 1.93. The lowest BCUT2D eigenvalue weighted by Crippen LogP contribution is -2.21. The van der Waals surface area contributed by atoms with Crippen LogP contribution < -0.4 is 5.48 Å². The maximum atomic E-state index is 8.38. The number of rotatable bonds is 5. The van der Waals surface area contributed by atoms with E-state index in [0.29, 0.717) is 0 Å². The first-order chi connectivity index (χ1) is 4.31. The molecule has 0 aromatic heterocycles. The van der Waals surface area contributed by atoms with Crippen molar-refractivity contribution in [3.8, 4) is 0 Å². The van der Waals surface area contributed by atoms with Crippen LogP contribution in [0.25, 0.3) is 0 Å². The van der Waals surface area contributed by atoms with E-state index in [4.69, 9.17) is 5.21 Å². The van der Waals surface area contributed by atoms with Gasteiger partial charge in [-0.2, -0.15) is 0 Å². The van der Waals surface area contributed by atoms with E-state index in [1.54, 1.807) is 0 Å². The molecule has 0 bridgehead atoms. The number of hydrogen-bond donors (Lipinski definition) is 2. The van der Waals surface area contributed by atoms with Crippen molar-refractivity contribution in [1.82, 2.24) is 5.48 Å². The first-order valence-electron chi connectivity index (χ1n) is 3.70. The Labute approximate surface area is 57.2 Å². The Morgan fingerprint density at radius 1 is 1.44 bits per heavy atom. The average Bonchev–Trinajstić information content (AvgIpc) is 1.89. The van der Waals surface area contributed by atoms with E-state index in [1.807, 2.05) is 6.92 Å². The van der Waals surface area contributed by atoms with Crippen LogP contribution in [0.1, 0.15) is 39.5 Å². The lowest BCUT2D eigenvalue weighted by molar-refractivity contribution is 0.127. The molecule has 0 aromatic rings. The molecule has 1 atom stereocenters. The Morgan fingerprint density at radius 3 is 2.56 bits per heavy atom. The second kappa shape index (κ2) is 6.05. The highest BCUT2D eigenvalue weighted by Gasteiger charge is 1.96. The second-order valence-electron chi connectivity index (χ2n) is 2.53. The van der Waals surface area contributed by atoms with Crippen LogP contribution >= 0.6 is 0 Å². The molecule has 56 valence electrons. The Hall–Kier alpha value is -0.0800. The average molecular weight is 131 g/mol. The van der Waals surface area contributed by atoms with Gasteiger partial charge in [0.05, 0.1) is 0 Å². The molecule has 2 nitrogen and oxygen atoms in total. The normalized spacial score (nSPS) is 13.7. The van der Waals surface area contributed by atoms with Gasteiger partial charge in [0.1, 0.15) is 0 Å². The molecular weight excluding hydrogens is 114 g/mol. The molecule has 0 saturated heterocycles. The highest BCUT2D eigenvalue weighted by Crippen LogP contribution is 2.01. The highest BCUT2D eigenvalue weighted by molar-refractivity contribution is 4.52. The molecule has 0 amide bonds. The Bertz CT molecular complexity index is 56.9. The van der Waals surface area contributed by atoms with Crippen molar-refractivity contribution in [2.75, 3.05) is 0 Å². The summed E-state index contributed by atoms with van der Waals surface area (Å²) in [5.74, 6) is 0. The van der Waals surface area contributed by atoms with Gasteiger partial charge in [0, 0.05) is 6.04 Å². The van der Waals surface area contributed by atoms with Crippen LogP contribution in [0.4, 0.5) is 0 Å². The topological polar surface area (TPSA) is 32.3 Å². The van der Waals surface area contributed by atoms with Crippen LogP contribution in [0.2, 0.25) is 0 Å². The van der Waals surface area contributed by atoms with Gasteiger partial charge in [0.15, 0.2) is 0 Å². The first-order valence-corrected chi connectivity index (χ1v) is 3.70. The maximum Gasteiger partial charge on any atom is 0.0291 e. The Kier molecular flexibility index (Phi) is 5.99. The fourth-order valence-corrected chi connectivity index (χ4v) is 0.765. The molecule has 0 fully saturated rings. The standard InChI is InChI=1S/C7H17NO/c1-3-4-5-6-7(2)8-9/h7-9H,3-6H2,1-2H3/t7-/m1/s1. The zero-order valence-corrected chi connectivity index (χ0v) is 6.35. The third-order valence-electron chi connectivity index (χ3n) is 1.46. The van der Waals surface area contributed by atoms with Gasteiger partial charge in [-0.1, -0.05) is 26.2 Å². The van der Waals surface area contributed by atoms with Gasteiger partial charge in [-0.15, -0.1) is 0 Å². The van der Waals surface area contributed by atoms with E-state index >= 15 is 0 Å². The van der Waals surface area contributed by atoms with Crippen molar-refractivity contribution < 1.29 is 5.21 Å². The summed E-state index contributed by atoms with van der Waals surface area (Å²) in [4.78, 5) is 0. The van der Waals surface area contributed by atoms with Gasteiger partial charge in [-0.25, -0.2) is 5.48 Å². The lowest BCUT2D eigenvalue weighted by Gasteiger charge is -2.06. The van der Waals surface area contributed by atoms with Crippen LogP contribution in [0, 0.1) is 0 Å². The van der Waals surface area contributed by atoms with Crippen LogP contribution in [0.3, 0.4) is 0 Å². The minimum atomic E-state index is 0.261. The summed E-state index contributed by atoms with van der Waals surface area (Å²) >= 11 is 0. The molecule has 2 heteroatoms.